The van der Waals surface area contributed by atoms with Crippen molar-refractivity contribution in [2.45, 2.75) is 6.54 Å². The van der Waals surface area contributed by atoms with Crippen LogP contribution in [0.3, 0.4) is 0 Å². The number of hydrogen-bond acceptors (Lipinski definition) is 4. The van der Waals surface area contributed by atoms with E-state index in [4.69, 9.17) is 19.9 Å². The maximum Gasteiger partial charge on any atom is 0.188 e. The lowest BCUT2D eigenvalue weighted by molar-refractivity contribution is 0.347. The molecular formula is C12H20IN3O3. The zero-order chi connectivity index (χ0) is 13.5. The Kier molecular flexibility index (Phi) is 8.05. The lowest BCUT2D eigenvalue weighted by atomic mass is 10.1. The van der Waals surface area contributed by atoms with Crippen LogP contribution < -0.4 is 25.3 Å². The van der Waals surface area contributed by atoms with Crippen molar-refractivity contribution >= 4 is 29.9 Å². The molecular weight excluding hydrogens is 361 g/mol. The first-order chi connectivity index (χ1) is 8.65. The Hall–Kier alpha value is -1.38. The van der Waals surface area contributed by atoms with E-state index in [0.717, 1.165) is 5.56 Å². The molecule has 7 heteroatoms. The molecule has 19 heavy (non-hydrogen) atoms. The second-order valence-electron chi connectivity index (χ2n) is 3.48. The molecule has 0 heterocycles. The van der Waals surface area contributed by atoms with Crippen molar-refractivity contribution < 1.29 is 14.2 Å². The minimum absolute atomic E-state index is 0. The Balaban J connectivity index is 0.00000324. The SMILES string of the molecule is CN=C(N)NCc1cc(OC)c(OC)cc1OC.I. The Morgan fingerprint density at radius 2 is 1.63 bits per heavy atom. The third-order valence-electron chi connectivity index (χ3n) is 2.49. The quantitative estimate of drug-likeness (QED) is 0.458. The first-order valence-electron chi connectivity index (χ1n) is 5.41. The van der Waals surface area contributed by atoms with Gasteiger partial charge < -0.3 is 25.3 Å². The van der Waals surface area contributed by atoms with Gasteiger partial charge in [0.2, 0.25) is 0 Å². The van der Waals surface area contributed by atoms with Crippen molar-refractivity contribution in [3.63, 3.8) is 0 Å². The van der Waals surface area contributed by atoms with Gasteiger partial charge in [0, 0.05) is 25.2 Å². The van der Waals surface area contributed by atoms with Crippen LogP contribution in [0.4, 0.5) is 0 Å². The Morgan fingerprint density at radius 1 is 1.11 bits per heavy atom. The van der Waals surface area contributed by atoms with E-state index in [1.807, 2.05) is 6.07 Å². The number of halogens is 1. The number of rotatable bonds is 5. The van der Waals surface area contributed by atoms with E-state index in [1.165, 1.54) is 0 Å². The monoisotopic (exact) mass is 381 g/mol. The molecule has 0 aliphatic carbocycles. The van der Waals surface area contributed by atoms with Crippen LogP contribution in [-0.2, 0) is 6.54 Å². The summed E-state index contributed by atoms with van der Waals surface area (Å²) in [7, 11) is 6.39. The summed E-state index contributed by atoms with van der Waals surface area (Å²) in [5, 5.41) is 2.96. The molecule has 3 N–H and O–H groups in total. The van der Waals surface area contributed by atoms with Crippen molar-refractivity contribution in [3.8, 4) is 17.2 Å². The van der Waals surface area contributed by atoms with Crippen molar-refractivity contribution in [2.75, 3.05) is 28.4 Å². The van der Waals surface area contributed by atoms with Crippen LogP contribution in [-0.4, -0.2) is 34.3 Å². The molecule has 1 aromatic rings. The van der Waals surface area contributed by atoms with Crippen LogP contribution in [0, 0.1) is 0 Å². The number of nitrogens with zero attached hydrogens (tertiary/aromatic N) is 1. The molecule has 0 spiro atoms. The Bertz CT molecular complexity index is 438. The van der Waals surface area contributed by atoms with Gasteiger partial charge in [-0.3, -0.25) is 4.99 Å². The van der Waals surface area contributed by atoms with E-state index in [-0.39, 0.29) is 24.0 Å². The van der Waals surface area contributed by atoms with E-state index < -0.39 is 0 Å². The van der Waals surface area contributed by atoms with Crippen molar-refractivity contribution in [1.29, 1.82) is 0 Å². The summed E-state index contributed by atoms with van der Waals surface area (Å²) >= 11 is 0. The molecule has 108 valence electrons. The minimum atomic E-state index is 0. The number of methoxy groups -OCH3 is 3. The highest BCUT2D eigenvalue weighted by Crippen LogP contribution is 2.34. The van der Waals surface area contributed by atoms with E-state index in [2.05, 4.69) is 10.3 Å². The smallest absolute Gasteiger partial charge is 0.188 e. The fourth-order valence-corrected chi connectivity index (χ4v) is 1.50. The molecule has 0 aliphatic rings. The van der Waals surface area contributed by atoms with Crippen LogP contribution >= 0.6 is 24.0 Å². The van der Waals surface area contributed by atoms with Gasteiger partial charge in [0.25, 0.3) is 0 Å². The predicted octanol–water partition coefficient (Wildman–Crippen LogP) is 1.36. The molecule has 0 aliphatic heterocycles. The van der Waals surface area contributed by atoms with Crippen molar-refractivity contribution in [3.05, 3.63) is 17.7 Å². The van der Waals surface area contributed by atoms with Crippen LogP contribution in [0.25, 0.3) is 0 Å². The summed E-state index contributed by atoms with van der Waals surface area (Å²) in [5.41, 5.74) is 6.49. The van der Waals surface area contributed by atoms with Gasteiger partial charge in [0.1, 0.15) is 5.75 Å². The molecule has 0 unspecified atom stereocenters. The van der Waals surface area contributed by atoms with Gasteiger partial charge in [-0.1, -0.05) is 0 Å². The second-order valence-corrected chi connectivity index (χ2v) is 3.48. The van der Waals surface area contributed by atoms with E-state index in [0.29, 0.717) is 29.8 Å². The van der Waals surface area contributed by atoms with Crippen molar-refractivity contribution in [2.24, 2.45) is 10.7 Å². The third-order valence-corrected chi connectivity index (χ3v) is 2.49. The van der Waals surface area contributed by atoms with Crippen LogP contribution in [0.2, 0.25) is 0 Å². The normalized spacial score (nSPS) is 10.4. The summed E-state index contributed by atoms with van der Waals surface area (Å²) in [6.45, 7) is 0.493. The van der Waals surface area contributed by atoms with Gasteiger partial charge in [0.15, 0.2) is 17.5 Å². The summed E-state index contributed by atoms with van der Waals surface area (Å²) in [6.07, 6.45) is 0. The zero-order valence-corrected chi connectivity index (χ0v) is 13.8. The maximum absolute atomic E-state index is 5.58. The molecule has 0 atom stereocenters. The topological polar surface area (TPSA) is 78.1 Å². The fraction of sp³-hybridized carbons (Fsp3) is 0.417. The van der Waals surface area contributed by atoms with Gasteiger partial charge in [-0.2, -0.15) is 0 Å². The van der Waals surface area contributed by atoms with Crippen LogP contribution in [0.5, 0.6) is 17.2 Å². The van der Waals surface area contributed by atoms with Gasteiger partial charge in [-0.05, 0) is 6.07 Å². The molecule has 0 fully saturated rings. The van der Waals surface area contributed by atoms with Gasteiger partial charge in [0.05, 0.1) is 21.3 Å². The summed E-state index contributed by atoms with van der Waals surface area (Å²) < 4.78 is 15.7. The minimum Gasteiger partial charge on any atom is -0.496 e. The average Bonchev–Trinajstić information content (AvgIpc) is 2.43. The largest absolute Gasteiger partial charge is 0.496 e. The molecule has 0 amide bonds. The van der Waals surface area contributed by atoms with E-state index in [9.17, 15) is 0 Å². The highest BCUT2D eigenvalue weighted by atomic mass is 127. The standard InChI is InChI=1S/C12H19N3O3.HI/c1-14-12(13)15-7-8-5-10(17-3)11(18-4)6-9(8)16-2;/h5-6H,7H2,1-4H3,(H3,13,14,15);1H. The summed E-state index contributed by atoms with van der Waals surface area (Å²) in [5.74, 6) is 2.33. The zero-order valence-electron chi connectivity index (χ0n) is 11.5. The second kappa shape index (κ2) is 8.68. The lowest BCUT2D eigenvalue weighted by Crippen LogP contribution is -2.30. The molecule has 6 nitrogen and oxygen atoms in total. The molecule has 0 aromatic heterocycles. The fourth-order valence-electron chi connectivity index (χ4n) is 1.50. The summed E-state index contributed by atoms with van der Waals surface area (Å²) in [4.78, 5) is 3.82. The average molecular weight is 381 g/mol. The third kappa shape index (κ3) is 4.66. The number of nitrogens with two attached hydrogens (primary N) is 1. The number of guanidine groups is 1. The first-order valence-corrected chi connectivity index (χ1v) is 5.41. The number of aliphatic imine (C=N–C) groups is 1. The van der Waals surface area contributed by atoms with Crippen molar-refractivity contribution in [1.82, 2.24) is 5.32 Å². The first kappa shape index (κ1) is 17.6. The van der Waals surface area contributed by atoms with Gasteiger partial charge in [-0.25, -0.2) is 0 Å². The van der Waals surface area contributed by atoms with Gasteiger partial charge >= 0.3 is 0 Å². The molecule has 0 bridgehead atoms. The van der Waals surface area contributed by atoms with Gasteiger partial charge in [-0.15, -0.1) is 24.0 Å². The summed E-state index contributed by atoms with van der Waals surface area (Å²) in [6, 6.07) is 3.61. The Morgan fingerprint density at radius 3 is 2.11 bits per heavy atom. The van der Waals surface area contributed by atoms with E-state index >= 15 is 0 Å². The molecule has 0 saturated heterocycles. The number of ether oxygens (including phenoxy) is 3. The molecule has 1 rings (SSSR count). The number of nitrogens with one attached hydrogen (secondary N) is 1. The maximum atomic E-state index is 5.58. The molecule has 0 radical (unpaired) electrons. The highest BCUT2D eigenvalue weighted by Gasteiger charge is 2.11. The van der Waals surface area contributed by atoms with E-state index in [1.54, 1.807) is 34.4 Å². The molecule has 0 saturated carbocycles. The van der Waals surface area contributed by atoms with Crippen LogP contribution in [0.1, 0.15) is 5.56 Å². The number of benzene rings is 1. The highest BCUT2D eigenvalue weighted by molar-refractivity contribution is 14.0. The Labute approximate surface area is 130 Å². The van der Waals surface area contributed by atoms with Crippen LogP contribution in [0.15, 0.2) is 17.1 Å². The molecule has 1 aromatic carbocycles. The lowest BCUT2D eigenvalue weighted by Gasteiger charge is -2.14. The number of hydrogen-bond donors (Lipinski definition) is 2. The predicted molar refractivity (Wildman–Crippen MR) is 85.9 cm³/mol.